The Balaban J connectivity index is 2.17. The van der Waals surface area contributed by atoms with Gasteiger partial charge in [0.05, 0.1) is 11.6 Å². The molecule has 0 radical (unpaired) electrons. The zero-order chi connectivity index (χ0) is 16.5. The van der Waals surface area contributed by atoms with Crippen LogP contribution in [0.5, 0.6) is 0 Å². The van der Waals surface area contributed by atoms with E-state index >= 15 is 0 Å². The van der Waals surface area contributed by atoms with Gasteiger partial charge in [-0.05, 0) is 25.1 Å². The first-order valence-corrected chi connectivity index (χ1v) is 7.65. The van der Waals surface area contributed by atoms with E-state index in [0.29, 0.717) is 30.7 Å². The highest BCUT2D eigenvalue weighted by atomic mass is 79.9. The van der Waals surface area contributed by atoms with Gasteiger partial charge in [-0.15, -0.1) is 0 Å². The van der Waals surface area contributed by atoms with Crippen LogP contribution in [0.15, 0.2) is 22.7 Å². The summed E-state index contributed by atoms with van der Waals surface area (Å²) in [4.78, 5) is 15.1. The molecule has 0 unspecified atom stereocenters. The summed E-state index contributed by atoms with van der Waals surface area (Å²) in [6, 6.07) is 3.53. The van der Waals surface area contributed by atoms with Crippen molar-refractivity contribution in [3.8, 4) is 0 Å². The predicted octanol–water partition coefficient (Wildman–Crippen LogP) is 2.46. The molecular formula is C14H17BrF3N3O. The highest BCUT2D eigenvalue weighted by Gasteiger charge is 2.36. The highest BCUT2D eigenvalue weighted by Crippen LogP contribution is 2.38. The lowest BCUT2D eigenvalue weighted by molar-refractivity contribution is -0.137. The lowest BCUT2D eigenvalue weighted by atomic mass is 10.1. The smallest absolute Gasteiger partial charge is 0.367 e. The molecule has 2 rings (SSSR count). The molecule has 22 heavy (non-hydrogen) atoms. The van der Waals surface area contributed by atoms with Crippen molar-refractivity contribution < 1.29 is 18.0 Å². The van der Waals surface area contributed by atoms with Crippen LogP contribution in [0.1, 0.15) is 12.5 Å². The number of nitrogens with two attached hydrogens (primary N) is 1. The molecule has 1 heterocycles. The number of hydrogen-bond donors (Lipinski definition) is 1. The molecule has 122 valence electrons. The van der Waals surface area contributed by atoms with E-state index in [-0.39, 0.29) is 11.6 Å². The summed E-state index contributed by atoms with van der Waals surface area (Å²) < 4.78 is 39.9. The Morgan fingerprint density at radius 2 is 1.86 bits per heavy atom. The second-order valence-corrected chi connectivity index (χ2v) is 6.18. The summed E-state index contributed by atoms with van der Waals surface area (Å²) in [7, 11) is 0. The summed E-state index contributed by atoms with van der Waals surface area (Å²) in [6.07, 6.45) is -4.42. The van der Waals surface area contributed by atoms with E-state index in [2.05, 4.69) is 15.9 Å². The second-order valence-electron chi connectivity index (χ2n) is 5.26. The van der Waals surface area contributed by atoms with Crippen LogP contribution in [0.4, 0.5) is 18.9 Å². The molecule has 0 aliphatic carbocycles. The average Bonchev–Trinajstić information content (AvgIpc) is 2.45. The van der Waals surface area contributed by atoms with Gasteiger partial charge in [0.2, 0.25) is 5.91 Å². The van der Waals surface area contributed by atoms with Crippen molar-refractivity contribution in [2.75, 3.05) is 31.1 Å². The number of anilines is 1. The molecule has 0 spiro atoms. The van der Waals surface area contributed by atoms with Crippen LogP contribution in [0.25, 0.3) is 0 Å². The summed E-state index contributed by atoms with van der Waals surface area (Å²) in [5, 5.41) is 0. The van der Waals surface area contributed by atoms with E-state index < -0.39 is 17.8 Å². The van der Waals surface area contributed by atoms with Crippen LogP contribution in [0, 0.1) is 0 Å². The van der Waals surface area contributed by atoms with E-state index in [1.54, 1.807) is 22.8 Å². The Bertz CT molecular complexity index is 555. The number of benzene rings is 1. The molecule has 1 aromatic rings. The molecule has 0 aromatic heterocycles. The fourth-order valence-electron chi connectivity index (χ4n) is 2.47. The molecule has 1 aliphatic heterocycles. The maximum atomic E-state index is 13.2. The molecule has 0 bridgehead atoms. The summed E-state index contributed by atoms with van der Waals surface area (Å²) >= 11 is 3.07. The SMILES string of the molecule is C[C@@H](N)C(=O)N1CCN(c2ccc(Br)cc2C(F)(F)F)CC1. The lowest BCUT2D eigenvalue weighted by Gasteiger charge is -2.37. The van der Waals surface area contributed by atoms with Crippen molar-refractivity contribution in [3.63, 3.8) is 0 Å². The van der Waals surface area contributed by atoms with E-state index in [1.165, 1.54) is 6.07 Å². The number of halogens is 4. The van der Waals surface area contributed by atoms with Crippen LogP contribution >= 0.6 is 15.9 Å². The van der Waals surface area contributed by atoms with Gasteiger partial charge in [0, 0.05) is 36.3 Å². The predicted molar refractivity (Wildman–Crippen MR) is 81.6 cm³/mol. The van der Waals surface area contributed by atoms with Crippen molar-refractivity contribution in [1.29, 1.82) is 0 Å². The van der Waals surface area contributed by atoms with Gasteiger partial charge in [-0.2, -0.15) is 13.2 Å². The first-order valence-electron chi connectivity index (χ1n) is 6.86. The van der Waals surface area contributed by atoms with E-state index in [9.17, 15) is 18.0 Å². The van der Waals surface area contributed by atoms with Gasteiger partial charge in [-0.1, -0.05) is 15.9 Å². The maximum absolute atomic E-state index is 13.2. The standard InChI is InChI=1S/C14H17BrF3N3O/c1-9(19)13(22)21-6-4-20(5-7-21)12-3-2-10(15)8-11(12)14(16,17)18/h2-3,8-9H,4-7,19H2,1H3/t9-/m1/s1. The van der Waals surface area contributed by atoms with Gasteiger partial charge >= 0.3 is 6.18 Å². The minimum absolute atomic E-state index is 0.142. The van der Waals surface area contributed by atoms with E-state index in [4.69, 9.17) is 5.73 Å². The largest absolute Gasteiger partial charge is 0.418 e. The van der Waals surface area contributed by atoms with Crippen molar-refractivity contribution >= 4 is 27.5 Å². The van der Waals surface area contributed by atoms with Gasteiger partial charge in [-0.25, -0.2) is 0 Å². The number of piperazine rings is 1. The molecule has 0 saturated carbocycles. The minimum atomic E-state index is -4.42. The van der Waals surface area contributed by atoms with E-state index in [0.717, 1.165) is 6.07 Å². The van der Waals surface area contributed by atoms with Crippen LogP contribution in [-0.2, 0) is 11.0 Å². The fourth-order valence-corrected chi connectivity index (χ4v) is 2.83. The Labute approximate surface area is 135 Å². The number of carbonyl (C=O) groups is 1. The third kappa shape index (κ3) is 3.73. The number of nitrogens with zero attached hydrogens (tertiary/aromatic N) is 2. The third-order valence-electron chi connectivity index (χ3n) is 3.59. The molecule has 1 aromatic carbocycles. The molecule has 8 heteroatoms. The number of carbonyl (C=O) groups excluding carboxylic acids is 1. The quantitative estimate of drug-likeness (QED) is 0.858. The Morgan fingerprint density at radius 3 is 2.36 bits per heavy atom. The number of alkyl halides is 3. The molecule has 1 amide bonds. The van der Waals surface area contributed by atoms with Crippen LogP contribution in [0.3, 0.4) is 0 Å². The molecule has 1 aliphatic rings. The molecule has 2 N–H and O–H groups in total. The van der Waals surface area contributed by atoms with Crippen molar-refractivity contribution in [2.45, 2.75) is 19.1 Å². The Hall–Kier alpha value is -1.28. The van der Waals surface area contributed by atoms with Crippen LogP contribution < -0.4 is 10.6 Å². The molecule has 4 nitrogen and oxygen atoms in total. The normalized spacial score (nSPS) is 17.5. The van der Waals surface area contributed by atoms with Gasteiger partial charge < -0.3 is 15.5 Å². The van der Waals surface area contributed by atoms with Crippen molar-refractivity contribution in [2.24, 2.45) is 5.73 Å². The first kappa shape index (κ1) is 17.1. The summed E-state index contributed by atoms with van der Waals surface area (Å²) in [5.41, 5.74) is 5.02. The monoisotopic (exact) mass is 379 g/mol. The van der Waals surface area contributed by atoms with Gasteiger partial charge in [0.1, 0.15) is 0 Å². The molecule has 1 fully saturated rings. The first-order chi connectivity index (χ1) is 10.2. The fraction of sp³-hybridized carbons (Fsp3) is 0.500. The van der Waals surface area contributed by atoms with Crippen molar-refractivity contribution in [3.05, 3.63) is 28.2 Å². The van der Waals surface area contributed by atoms with Crippen LogP contribution in [-0.4, -0.2) is 43.0 Å². The number of amides is 1. The van der Waals surface area contributed by atoms with Gasteiger partial charge in [-0.3, -0.25) is 4.79 Å². The molecule has 1 atom stereocenters. The highest BCUT2D eigenvalue weighted by molar-refractivity contribution is 9.10. The zero-order valence-corrected chi connectivity index (χ0v) is 13.6. The number of hydrogen-bond acceptors (Lipinski definition) is 3. The molecule has 1 saturated heterocycles. The van der Waals surface area contributed by atoms with Gasteiger partial charge in [0.25, 0.3) is 0 Å². The summed E-state index contributed by atoms with van der Waals surface area (Å²) in [6.45, 7) is 3.04. The summed E-state index contributed by atoms with van der Waals surface area (Å²) in [5.74, 6) is -0.175. The lowest BCUT2D eigenvalue weighted by Crippen LogP contribution is -2.52. The minimum Gasteiger partial charge on any atom is -0.367 e. The van der Waals surface area contributed by atoms with Crippen molar-refractivity contribution in [1.82, 2.24) is 4.90 Å². The second kappa shape index (κ2) is 6.45. The topological polar surface area (TPSA) is 49.6 Å². The molecular weight excluding hydrogens is 363 g/mol. The average molecular weight is 380 g/mol. The Morgan fingerprint density at radius 1 is 1.27 bits per heavy atom. The van der Waals surface area contributed by atoms with Crippen LogP contribution in [0.2, 0.25) is 0 Å². The van der Waals surface area contributed by atoms with E-state index in [1.807, 2.05) is 0 Å². The Kier molecular flexibility index (Phi) is 5.01. The van der Waals surface area contributed by atoms with Gasteiger partial charge in [0.15, 0.2) is 0 Å². The zero-order valence-electron chi connectivity index (χ0n) is 12.0. The third-order valence-corrected chi connectivity index (χ3v) is 4.08. The maximum Gasteiger partial charge on any atom is 0.418 e. The number of rotatable bonds is 2.